The lowest BCUT2D eigenvalue weighted by Gasteiger charge is -2.11. The van der Waals surface area contributed by atoms with Crippen molar-refractivity contribution in [3.8, 4) is 11.5 Å². The average molecular weight is 382 g/mol. The summed E-state index contributed by atoms with van der Waals surface area (Å²) in [7, 11) is 3.20. The molecule has 148 valence electrons. The fraction of sp³-hybridized carbons (Fsp3) is 0.364. The molecule has 1 fully saturated rings. The fourth-order valence-corrected chi connectivity index (χ4v) is 3.28. The van der Waals surface area contributed by atoms with Gasteiger partial charge in [-0.1, -0.05) is 24.3 Å². The summed E-state index contributed by atoms with van der Waals surface area (Å²) in [6.07, 6.45) is 1.25. The molecule has 28 heavy (non-hydrogen) atoms. The molecule has 2 aromatic carbocycles. The molecule has 3 rings (SSSR count). The second-order valence-corrected chi connectivity index (χ2v) is 6.99. The van der Waals surface area contributed by atoms with Crippen molar-refractivity contribution in [2.75, 3.05) is 26.1 Å². The van der Waals surface area contributed by atoms with Crippen LogP contribution in [0.1, 0.15) is 17.5 Å². The molecule has 2 amide bonds. The third-order valence-electron chi connectivity index (χ3n) is 4.96. The van der Waals surface area contributed by atoms with Gasteiger partial charge >= 0.3 is 0 Å². The first-order valence-electron chi connectivity index (χ1n) is 9.38. The van der Waals surface area contributed by atoms with Crippen LogP contribution in [0.5, 0.6) is 11.5 Å². The Bertz CT molecular complexity index is 865. The second-order valence-electron chi connectivity index (χ2n) is 6.99. The number of methoxy groups -OCH3 is 2. The number of para-hydroxylation sites is 1. The molecule has 0 spiro atoms. The summed E-state index contributed by atoms with van der Waals surface area (Å²) in [5.41, 5.74) is 2.70. The van der Waals surface area contributed by atoms with Gasteiger partial charge in [0.2, 0.25) is 11.8 Å². The van der Waals surface area contributed by atoms with E-state index in [4.69, 9.17) is 9.47 Å². The predicted molar refractivity (Wildman–Crippen MR) is 108 cm³/mol. The Labute approximate surface area is 165 Å². The van der Waals surface area contributed by atoms with E-state index in [-0.39, 0.29) is 23.7 Å². The number of ether oxygens (including phenoxy) is 2. The molecule has 2 atom stereocenters. The van der Waals surface area contributed by atoms with Gasteiger partial charge in [-0.25, -0.2) is 0 Å². The number of aryl methyl sites for hydroxylation is 1. The zero-order chi connectivity index (χ0) is 20.1. The van der Waals surface area contributed by atoms with E-state index < -0.39 is 0 Å². The Balaban J connectivity index is 1.49. The van der Waals surface area contributed by atoms with E-state index in [1.165, 1.54) is 0 Å². The van der Waals surface area contributed by atoms with E-state index in [2.05, 4.69) is 10.6 Å². The molecule has 6 heteroatoms. The number of anilines is 1. The molecule has 0 aliphatic heterocycles. The van der Waals surface area contributed by atoms with Crippen molar-refractivity contribution in [1.29, 1.82) is 0 Å². The molecule has 2 aromatic rings. The zero-order valence-electron chi connectivity index (χ0n) is 16.5. The van der Waals surface area contributed by atoms with Crippen molar-refractivity contribution in [3.63, 3.8) is 0 Å². The normalized spacial score (nSPS) is 17.5. The molecule has 0 aromatic heterocycles. The van der Waals surface area contributed by atoms with Crippen LogP contribution >= 0.6 is 0 Å². The molecule has 1 saturated carbocycles. The van der Waals surface area contributed by atoms with Crippen molar-refractivity contribution >= 4 is 17.5 Å². The number of benzene rings is 2. The maximum Gasteiger partial charge on any atom is 0.228 e. The van der Waals surface area contributed by atoms with Gasteiger partial charge in [0.25, 0.3) is 0 Å². The minimum Gasteiger partial charge on any atom is -0.496 e. The molecule has 0 bridgehead atoms. The SMILES string of the molecule is COc1ccccc1CCNC(=O)C1CC1C(=O)Nc1cc(C)ccc1OC. The highest BCUT2D eigenvalue weighted by Gasteiger charge is 2.48. The third kappa shape index (κ3) is 4.63. The lowest BCUT2D eigenvalue weighted by molar-refractivity contribution is -0.125. The fourth-order valence-electron chi connectivity index (χ4n) is 3.28. The summed E-state index contributed by atoms with van der Waals surface area (Å²) in [6.45, 7) is 2.46. The van der Waals surface area contributed by atoms with Gasteiger partial charge in [0.1, 0.15) is 11.5 Å². The monoisotopic (exact) mass is 382 g/mol. The number of carbonyl (C=O) groups excluding carboxylic acids is 2. The highest BCUT2D eigenvalue weighted by Crippen LogP contribution is 2.40. The third-order valence-corrected chi connectivity index (χ3v) is 4.96. The number of rotatable bonds is 8. The quantitative estimate of drug-likeness (QED) is 0.736. The molecular weight excluding hydrogens is 356 g/mol. The first kappa shape index (κ1) is 19.7. The van der Waals surface area contributed by atoms with Crippen LogP contribution in [0.15, 0.2) is 42.5 Å². The van der Waals surface area contributed by atoms with Crippen molar-refractivity contribution in [2.24, 2.45) is 11.8 Å². The van der Waals surface area contributed by atoms with Crippen LogP contribution in [0.3, 0.4) is 0 Å². The van der Waals surface area contributed by atoms with Crippen LogP contribution in [0, 0.1) is 18.8 Å². The summed E-state index contributed by atoms with van der Waals surface area (Å²) in [5.74, 6) is 0.634. The molecule has 1 aliphatic carbocycles. The van der Waals surface area contributed by atoms with E-state index >= 15 is 0 Å². The van der Waals surface area contributed by atoms with Crippen LogP contribution in [0.25, 0.3) is 0 Å². The lowest BCUT2D eigenvalue weighted by atomic mass is 10.1. The Morgan fingerprint density at radius 2 is 1.71 bits per heavy atom. The minimum atomic E-state index is -0.295. The van der Waals surface area contributed by atoms with Gasteiger partial charge < -0.3 is 20.1 Å². The van der Waals surface area contributed by atoms with Crippen molar-refractivity contribution < 1.29 is 19.1 Å². The van der Waals surface area contributed by atoms with Crippen LogP contribution in [-0.4, -0.2) is 32.6 Å². The van der Waals surface area contributed by atoms with Gasteiger partial charge in [-0.3, -0.25) is 9.59 Å². The van der Waals surface area contributed by atoms with Gasteiger partial charge in [0, 0.05) is 6.54 Å². The summed E-state index contributed by atoms with van der Waals surface area (Å²) in [6, 6.07) is 13.3. The highest BCUT2D eigenvalue weighted by atomic mass is 16.5. The maximum absolute atomic E-state index is 12.5. The van der Waals surface area contributed by atoms with Gasteiger partial charge in [-0.2, -0.15) is 0 Å². The van der Waals surface area contributed by atoms with Crippen molar-refractivity contribution in [1.82, 2.24) is 5.32 Å². The summed E-state index contributed by atoms with van der Waals surface area (Å²) in [5, 5.41) is 5.81. The predicted octanol–water partition coefficient (Wildman–Crippen LogP) is 2.95. The van der Waals surface area contributed by atoms with Crippen LogP contribution < -0.4 is 20.1 Å². The Morgan fingerprint density at radius 3 is 2.46 bits per heavy atom. The van der Waals surface area contributed by atoms with Crippen LogP contribution in [-0.2, 0) is 16.0 Å². The van der Waals surface area contributed by atoms with Gasteiger partial charge in [0.05, 0.1) is 31.7 Å². The Hall–Kier alpha value is -3.02. The summed E-state index contributed by atoms with van der Waals surface area (Å²) >= 11 is 0. The number of hydrogen-bond donors (Lipinski definition) is 2. The smallest absolute Gasteiger partial charge is 0.228 e. The van der Waals surface area contributed by atoms with Gasteiger partial charge in [-0.15, -0.1) is 0 Å². The average Bonchev–Trinajstić information content (AvgIpc) is 3.49. The van der Waals surface area contributed by atoms with Crippen molar-refractivity contribution in [2.45, 2.75) is 19.8 Å². The number of hydrogen-bond acceptors (Lipinski definition) is 4. The highest BCUT2D eigenvalue weighted by molar-refractivity contribution is 6.00. The second kappa shape index (κ2) is 8.78. The molecule has 0 heterocycles. The molecule has 2 N–H and O–H groups in total. The van der Waals surface area contributed by atoms with Gasteiger partial charge in [0.15, 0.2) is 0 Å². The van der Waals surface area contributed by atoms with E-state index in [0.29, 0.717) is 30.8 Å². The summed E-state index contributed by atoms with van der Waals surface area (Å²) < 4.78 is 10.6. The van der Waals surface area contributed by atoms with Gasteiger partial charge in [-0.05, 0) is 49.1 Å². The van der Waals surface area contributed by atoms with E-state index in [1.54, 1.807) is 14.2 Å². The van der Waals surface area contributed by atoms with E-state index in [0.717, 1.165) is 16.9 Å². The first-order chi connectivity index (χ1) is 13.5. The Morgan fingerprint density at radius 1 is 1.00 bits per heavy atom. The molecule has 0 radical (unpaired) electrons. The van der Waals surface area contributed by atoms with Crippen LogP contribution in [0.2, 0.25) is 0 Å². The van der Waals surface area contributed by atoms with E-state index in [9.17, 15) is 9.59 Å². The maximum atomic E-state index is 12.5. The molecular formula is C22H26N2O4. The molecule has 2 unspecified atom stereocenters. The van der Waals surface area contributed by atoms with Crippen LogP contribution in [0.4, 0.5) is 5.69 Å². The zero-order valence-corrected chi connectivity index (χ0v) is 16.5. The minimum absolute atomic E-state index is 0.0775. The standard InChI is InChI=1S/C22H26N2O4/c1-14-8-9-20(28-3)18(12-14)24-22(26)17-13-16(17)21(25)23-11-10-15-6-4-5-7-19(15)27-2/h4-9,12,16-17H,10-11,13H2,1-3H3,(H,23,25)(H,24,26). The number of nitrogens with one attached hydrogen (secondary N) is 2. The number of amides is 2. The molecule has 0 saturated heterocycles. The lowest BCUT2D eigenvalue weighted by Crippen LogP contribution is -2.29. The Kier molecular flexibility index (Phi) is 6.19. The summed E-state index contributed by atoms with van der Waals surface area (Å²) in [4.78, 5) is 24.8. The largest absolute Gasteiger partial charge is 0.496 e. The van der Waals surface area contributed by atoms with E-state index in [1.807, 2.05) is 49.4 Å². The van der Waals surface area contributed by atoms with Crippen molar-refractivity contribution in [3.05, 3.63) is 53.6 Å². The molecule has 6 nitrogen and oxygen atoms in total. The molecule has 1 aliphatic rings. The number of carbonyl (C=O) groups is 2. The topological polar surface area (TPSA) is 76.7 Å². The first-order valence-corrected chi connectivity index (χ1v) is 9.38.